The zero-order valence-corrected chi connectivity index (χ0v) is 12.4. The average molecular weight is 290 g/mol. The highest BCUT2D eigenvalue weighted by Crippen LogP contribution is 2.13. The third-order valence-electron chi connectivity index (χ3n) is 3.67. The lowest BCUT2D eigenvalue weighted by molar-refractivity contribution is -0.128. The summed E-state index contributed by atoms with van der Waals surface area (Å²) in [6.07, 6.45) is 3.70. The van der Waals surface area contributed by atoms with E-state index in [1.165, 1.54) is 0 Å². The minimum atomic E-state index is -0.379. The van der Waals surface area contributed by atoms with Crippen molar-refractivity contribution in [3.05, 3.63) is 29.8 Å². The molecule has 1 saturated heterocycles. The highest BCUT2D eigenvalue weighted by molar-refractivity contribution is 5.87. The maximum Gasteiger partial charge on any atom is 0.242 e. The molecule has 1 aromatic carbocycles. The van der Waals surface area contributed by atoms with Crippen molar-refractivity contribution >= 4 is 11.8 Å². The van der Waals surface area contributed by atoms with Crippen molar-refractivity contribution in [1.82, 2.24) is 10.6 Å². The summed E-state index contributed by atoms with van der Waals surface area (Å²) < 4.78 is 5.10. The third kappa shape index (κ3) is 4.77. The van der Waals surface area contributed by atoms with Gasteiger partial charge in [0, 0.05) is 13.0 Å². The van der Waals surface area contributed by atoms with Crippen LogP contribution in [0.4, 0.5) is 0 Å². The van der Waals surface area contributed by atoms with Crippen LogP contribution in [-0.4, -0.2) is 31.5 Å². The summed E-state index contributed by atoms with van der Waals surface area (Å²) in [4.78, 5) is 23.7. The van der Waals surface area contributed by atoms with Crippen molar-refractivity contribution in [1.29, 1.82) is 0 Å². The number of nitrogens with one attached hydrogen (secondary N) is 2. The molecule has 0 aliphatic carbocycles. The number of benzene rings is 1. The van der Waals surface area contributed by atoms with E-state index in [1.807, 2.05) is 24.3 Å². The first kappa shape index (κ1) is 15.4. The fourth-order valence-corrected chi connectivity index (χ4v) is 2.39. The number of hydrogen-bond donors (Lipinski definition) is 2. The zero-order valence-electron chi connectivity index (χ0n) is 12.4. The summed E-state index contributed by atoms with van der Waals surface area (Å²) in [5.74, 6) is 0.663. The molecule has 2 rings (SSSR count). The van der Waals surface area contributed by atoms with Crippen LogP contribution in [-0.2, 0) is 16.0 Å². The van der Waals surface area contributed by atoms with Gasteiger partial charge >= 0.3 is 0 Å². The summed E-state index contributed by atoms with van der Waals surface area (Å²) in [6.45, 7) is 0.705. The molecule has 0 aromatic heterocycles. The van der Waals surface area contributed by atoms with Crippen molar-refractivity contribution in [2.75, 3.05) is 13.7 Å². The van der Waals surface area contributed by atoms with E-state index in [1.54, 1.807) is 7.11 Å². The molecule has 1 aliphatic heterocycles. The Bertz CT molecular complexity index is 485. The van der Waals surface area contributed by atoms with E-state index < -0.39 is 0 Å². The monoisotopic (exact) mass is 290 g/mol. The smallest absolute Gasteiger partial charge is 0.242 e. The number of carbonyl (C=O) groups excluding carboxylic acids is 2. The Kier molecular flexibility index (Phi) is 5.60. The number of carbonyl (C=O) groups is 2. The van der Waals surface area contributed by atoms with E-state index in [0.29, 0.717) is 19.4 Å². The van der Waals surface area contributed by atoms with Gasteiger partial charge in [-0.3, -0.25) is 9.59 Å². The summed E-state index contributed by atoms with van der Waals surface area (Å²) >= 11 is 0. The third-order valence-corrected chi connectivity index (χ3v) is 3.67. The molecule has 0 saturated carbocycles. The van der Waals surface area contributed by atoms with Crippen LogP contribution in [0.5, 0.6) is 5.75 Å². The number of ether oxygens (including phenoxy) is 1. The summed E-state index contributed by atoms with van der Waals surface area (Å²) in [5, 5.41) is 5.64. The largest absolute Gasteiger partial charge is 0.497 e. The van der Waals surface area contributed by atoms with E-state index in [0.717, 1.165) is 30.6 Å². The number of amides is 2. The quantitative estimate of drug-likeness (QED) is 0.861. The lowest BCUT2D eigenvalue weighted by atomic mass is 10.1. The first-order valence-corrected chi connectivity index (χ1v) is 7.39. The number of hydrogen-bond acceptors (Lipinski definition) is 3. The van der Waals surface area contributed by atoms with Crippen LogP contribution in [0.2, 0.25) is 0 Å². The van der Waals surface area contributed by atoms with Gasteiger partial charge in [0.05, 0.1) is 7.11 Å². The Morgan fingerprint density at radius 3 is 2.81 bits per heavy atom. The summed E-state index contributed by atoms with van der Waals surface area (Å²) in [6, 6.07) is 7.28. The molecule has 114 valence electrons. The maximum atomic E-state index is 11.9. The molecule has 1 aromatic rings. The molecule has 0 radical (unpaired) electrons. The number of aryl methyl sites for hydroxylation is 1. The molecule has 1 heterocycles. The van der Waals surface area contributed by atoms with Crippen LogP contribution in [0.25, 0.3) is 0 Å². The van der Waals surface area contributed by atoms with Gasteiger partial charge in [-0.15, -0.1) is 0 Å². The van der Waals surface area contributed by atoms with Crippen molar-refractivity contribution in [2.24, 2.45) is 0 Å². The predicted molar refractivity (Wildman–Crippen MR) is 80.1 cm³/mol. The Morgan fingerprint density at radius 1 is 1.33 bits per heavy atom. The van der Waals surface area contributed by atoms with Crippen molar-refractivity contribution in [3.63, 3.8) is 0 Å². The van der Waals surface area contributed by atoms with Gasteiger partial charge in [0.2, 0.25) is 11.8 Å². The molecule has 0 bridgehead atoms. The van der Waals surface area contributed by atoms with Crippen molar-refractivity contribution < 1.29 is 14.3 Å². The lowest BCUT2D eigenvalue weighted by Crippen LogP contribution is -2.45. The van der Waals surface area contributed by atoms with E-state index in [4.69, 9.17) is 4.74 Å². The molecular weight excluding hydrogens is 268 g/mol. The second-order valence-electron chi connectivity index (χ2n) is 5.25. The Balaban J connectivity index is 1.79. The standard InChI is InChI=1S/C16H22N2O3/c1-21-13-8-5-12(6-9-13)7-10-15(19)18-14-4-2-3-11-17-16(14)20/h5-6,8-9,14H,2-4,7,10-11H2,1H3,(H,17,20)(H,18,19)/t14-/m1/s1. The summed E-state index contributed by atoms with van der Waals surface area (Å²) in [5.41, 5.74) is 1.08. The molecule has 21 heavy (non-hydrogen) atoms. The minimum Gasteiger partial charge on any atom is -0.497 e. The SMILES string of the molecule is COc1ccc(CCC(=O)N[C@@H]2CCCCNC2=O)cc1. The topological polar surface area (TPSA) is 67.4 Å². The van der Waals surface area contributed by atoms with E-state index in [-0.39, 0.29) is 17.9 Å². The van der Waals surface area contributed by atoms with Crippen molar-refractivity contribution in [2.45, 2.75) is 38.1 Å². The second kappa shape index (κ2) is 7.67. The Morgan fingerprint density at radius 2 is 2.10 bits per heavy atom. The molecule has 1 aliphatic rings. The van der Waals surface area contributed by atoms with Gasteiger partial charge in [-0.05, 0) is 43.4 Å². The van der Waals surface area contributed by atoms with Crippen LogP contribution < -0.4 is 15.4 Å². The van der Waals surface area contributed by atoms with Crippen LogP contribution in [0.1, 0.15) is 31.2 Å². The van der Waals surface area contributed by atoms with Crippen LogP contribution >= 0.6 is 0 Å². The molecule has 0 spiro atoms. The average Bonchev–Trinajstić information content (AvgIpc) is 2.71. The molecule has 2 N–H and O–H groups in total. The fraction of sp³-hybridized carbons (Fsp3) is 0.500. The van der Waals surface area contributed by atoms with Crippen LogP contribution in [0.3, 0.4) is 0 Å². The predicted octanol–water partition coefficient (Wildman–Crippen LogP) is 1.41. The molecule has 2 amide bonds. The van der Waals surface area contributed by atoms with Gasteiger partial charge in [0.15, 0.2) is 0 Å². The number of rotatable bonds is 5. The van der Waals surface area contributed by atoms with Gasteiger partial charge in [-0.25, -0.2) is 0 Å². The molecule has 5 heteroatoms. The summed E-state index contributed by atoms with van der Waals surface area (Å²) in [7, 11) is 1.63. The Labute approximate surface area is 125 Å². The first-order chi connectivity index (χ1) is 10.2. The van der Waals surface area contributed by atoms with Gasteiger partial charge in [-0.1, -0.05) is 12.1 Å². The normalized spacial score (nSPS) is 18.5. The Hall–Kier alpha value is -2.04. The lowest BCUT2D eigenvalue weighted by Gasteiger charge is -2.15. The van der Waals surface area contributed by atoms with E-state index >= 15 is 0 Å². The second-order valence-corrected chi connectivity index (χ2v) is 5.25. The van der Waals surface area contributed by atoms with Crippen molar-refractivity contribution in [3.8, 4) is 5.75 Å². The van der Waals surface area contributed by atoms with Gasteiger partial charge in [-0.2, -0.15) is 0 Å². The minimum absolute atomic E-state index is 0.0645. The highest BCUT2D eigenvalue weighted by atomic mass is 16.5. The van der Waals surface area contributed by atoms with E-state index in [9.17, 15) is 9.59 Å². The molecular formula is C16H22N2O3. The van der Waals surface area contributed by atoms with E-state index in [2.05, 4.69) is 10.6 Å². The number of methoxy groups -OCH3 is 1. The van der Waals surface area contributed by atoms with Gasteiger partial charge < -0.3 is 15.4 Å². The van der Waals surface area contributed by atoms with Crippen LogP contribution in [0.15, 0.2) is 24.3 Å². The highest BCUT2D eigenvalue weighted by Gasteiger charge is 2.21. The maximum absolute atomic E-state index is 11.9. The van der Waals surface area contributed by atoms with Gasteiger partial charge in [0.1, 0.15) is 11.8 Å². The fourth-order valence-electron chi connectivity index (χ4n) is 2.39. The molecule has 5 nitrogen and oxygen atoms in total. The first-order valence-electron chi connectivity index (χ1n) is 7.39. The molecule has 0 unspecified atom stereocenters. The van der Waals surface area contributed by atoms with Crippen LogP contribution in [0, 0.1) is 0 Å². The molecule has 1 fully saturated rings. The zero-order chi connectivity index (χ0) is 15.1. The molecule has 1 atom stereocenters. The van der Waals surface area contributed by atoms with Gasteiger partial charge in [0.25, 0.3) is 0 Å².